The second-order valence-electron chi connectivity index (χ2n) is 6.05. The van der Waals surface area contributed by atoms with E-state index in [-0.39, 0.29) is 0 Å². The number of ketones is 1. The number of carbonyl (C=O) groups is 1. The van der Waals surface area contributed by atoms with Gasteiger partial charge in [-0.25, -0.2) is 0 Å². The van der Waals surface area contributed by atoms with Crippen molar-refractivity contribution in [1.82, 2.24) is 0 Å². The van der Waals surface area contributed by atoms with E-state index >= 15 is 0 Å². The van der Waals surface area contributed by atoms with Crippen molar-refractivity contribution in [3.8, 4) is 0 Å². The Morgan fingerprint density at radius 1 is 0.933 bits per heavy atom. The summed E-state index contributed by atoms with van der Waals surface area (Å²) < 4.78 is 0. The van der Waals surface area contributed by atoms with E-state index in [1.54, 1.807) is 0 Å². The minimum atomic E-state index is 0.297. The van der Waals surface area contributed by atoms with Crippen LogP contribution in [0, 0.1) is 10.8 Å². The Hall–Kier alpha value is -0.590. The van der Waals surface area contributed by atoms with E-state index in [0.29, 0.717) is 16.6 Å². The van der Waals surface area contributed by atoms with Crippen molar-refractivity contribution in [2.24, 2.45) is 10.8 Å². The number of hydrogen-bond acceptors (Lipinski definition) is 1. The number of allylic oxidation sites excluding steroid dienone is 2. The standard InChI is InChI=1S/C14H20O/c15-12-3-6-14(11-12)9-7-13(8-10-14)4-1-2-5-13/h3,6H,1-2,4-5,7-11H2. The molecule has 0 aliphatic heterocycles. The predicted molar refractivity (Wildman–Crippen MR) is 60.6 cm³/mol. The van der Waals surface area contributed by atoms with Gasteiger partial charge in [0, 0.05) is 6.42 Å². The minimum Gasteiger partial charge on any atom is -0.295 e. The lowest BCUT2D eigenvalue weighted by Crippen LogP contribution is -2.31. The first kappa shape index (κ1) is 9.62. The van der Waals surface area contributed by atoms with Crippen molar-refractivity contribution in [2.75, 3.05) is 0 Å². The lowest BCUT2D eigenvalue weighted by molar-refractivity contribution is -0.115. The molecule has 2 saturated carbocycles. The number of hydrogen-bond donors (Lipinski definition) is 0. The summed E-state index contributed by atoms with van der Waals surface area (Å²) in [7, 11) is 0. The van der Waals surface area contributed by atoms with Gasteiger partial charge in [-0.15, -0.1) is 0 Å². The molecule has 15 heavy (non-hydrogen) atoms. The van der Waals surface area contributed by atoms with Crippen LogP contribution >= 0.6 is 0 Å². The summed E-state index contributed by atoms with van der Waals surface area (Å²) >= 11 is 0. The first-order valence-corrected chi connectivity index (χ1v) is 6.44. The molecule has 0 amide bonds. The topological polar surface area (TPSA) is 17.1 Å². The summed E-state index contributed by atoms with van der Waals surface area (Å²) in [5, 5.41) is 0. The van der Waals surface area contributed by atoms with E-state index < -0.39 is 0 Å². The Kier molecular flexibility index (Phi) is 2.05. The van der Waals surface area contributed by atoms with Gasteiger partial charge in [0.1, 0.15) is 0 Å². The van der Waals surface area contributed by atoms with E-state index in [9.17, 15) is 4.79 Å². The van der Waals surface area contributed by atoms with Gasteiger partial charge in [0.15, 0.2) is 5.78 Å². The van der Waals surface area contributed by atoms with Crippen molar-refractivity contribution in [3.05, 3.63) is 12.2 Å². The molecule has 3 aliphatic rings. The zero-order valence-electron chi connectivity index (χ0n) is 9.43. The third-order valence-corrected chi connectivity index (χ3v) is 5.12. The lowest BCUT2D eigenvalue weighted by atomic mass is 9.63. The van der Waals surface area contributed by atoms with Crippen LogP contribution in [0.2, 0.25) is 0 Å². The van der Waals surface area contributed by atoms with Crippen molar-refractivity contribution in [3.63, 3.8) is 0 Å². The number of carbonyl (C=O) groups excluding carboxylic acids is 1. The maximum Gasteiger partial charge on any atom is 0.156 e. The van der Waals surface area contributed by atoms with Crippen LogP contribution in [0.4, 0.5) is 0 Å². The summed E-state index contributed by atoms with van der Waals surface area (Å²) in [6.45, 7) is 0. The molecule has 0 radical (unpaired) electrons. The minimum absolute atomic E-state index is 0.297. The molecule has 0 unspecified atom stereocenters. The van der Waals surface area contributed by atoms with Crippen LogP contribution in [0.25, 0.3) is 0 Å². The quantitative estimate of drug-likeness (QED) is 0.589. The summed E-state index contributed by atoms with van der Waals surface area (Å²) in [5.74, 6) is 0.359. The van der Waals surface area contributed by atoms with Crippen molar-refractivity contribution < 1.29 is 4.79 Å². The van der Waals surface area contributed by atoms with Crippen LogP contribution in [0.15, 0.2) is 12.2 Å². The molecule has 1 nitrogen and oxygen atoms in total. The van der Waals surface area contributed by atoms with Crippen LogP contribution in [-0.4, -0.2) is 5.78 Å². The third kappa shape index (κ3) is 1.56. The molecule has 0 aromatic carbocycles. The Labute approximate surface area is 91.9 Å². The average molecular weight is 204 g/mol. The fraction of sp³-hybridized carbons (Fsp3) is 0.786. The van der Waals surface area contributed by atoms with Gasteiger partial charge >= 0.3 is 0 Å². The van der Waals surface area contributed by atoms with Crippen LogP contribution in [0.5, 0.6) is 0 Å². The molecule has 0 aromatic heterocycles. The molecule has 2 fully saturated rings. The first-order valence-electron chi connectivity index (χ1n) is 6.44. The Morgan fingerprint density at radius 2 is 1.60 bits per heavy atom. The molecule has 0 heterocycles. The maximum atomic E-state index is 11.3. The SMILES string of the molecule is O=C1C=CC2(CCC3(CCCC3)CC2)C1. The van der Waals surface area contributed by atoms with Gasteiger partial charge in [0.25, 0.3) is 0 Å². The second kappa shape index (κ2) is 3.20. The normalized spacial score (nSPS) is 31.9. The summed E-state index contributed by atoms with van der Waals surface area (Å²) in [4.78, 5) is 11.3. The van der Waals surface area contributed by atoms with E-state index in [1.165, 1.54) is 51.4 Å². The molecule has 3 aliphatic carbocycles. The van der Waals surface area contributed by atoms with E-state index in [2.05, 4.69) is 6.08 Å². The molecule has 0 aromatic rings. The van der Waals surface area contributed by atoms with Gasteiger partial charge in [0.05, 0.1) is 0 Å². The molecular weight excluding hydrogens is 184 g/mol. The molecule has 1 heteroatoms. The van der Waals surface area contributed by atoms with Gasteiger partial charge in [-0.3, -0.25) is 4.79 Å². The molecule has 0 bridgehead atoms. The zero-order valence-corrected chi connectivity index (χ0v) is 9.43. The van der Waals surface area contributed by atoms with Crippen LogP contribution in [0.1, 0.15) is 57.8 Å². The summed E-state index contributed by atoms with van der Waals surface area (Å²) in [5.41, 5.74) is 0.996. The second-order valence-corrected chi connectivity index (χ2v) is 6.05. The van der Waals surface area contributed by atoms with Gasteiger partial charge < -0.3 is 0 Å². The van der Waals surface area contributed by atoms with Crippen molar-refractivity contribution in [2.45, 2.75) is 57.8 Å². The monoisotopic (exact) mass is 204 g/mol. The van der Waals surface area contributed by atoms with E-state index in [4.69, 9.17) is 0 Å². The van der Waals surface area contributed by atoms with Gasteiger partial charge in [-0.1, -0.05) is 18.9 Å². The fourth-order valence-corrected chi connectivity index (χ4v) is 3.98. The Bertz CT molecular complexity index is 297. The van der Waals surface area contributed by atoms with E-state index in [0.717, 1.165) is 6.42 Å². The Balaban J connectivity index is 1.70. The van der Waals surface area contributed by atoms with Crippen LogP contribution in [-0.2, 0) is 4.79 Å². The third-order valence-electron chi connectivity index (χ3n) is 5.12. The highest BCUT2D eigenvalue weighted by Crippen LogP contribution is 2.56. The maximum absolute atomic E-state index is 11.3. The molecule has 3 rings (SSSR count). The summed E-state index contributed by atoms with van der Waals surface area (Å²) in [6, 6.07) is 0. The van der Waals surface area contributed by atoms with Gasteiger partial charge in [-0.05, 0) is 55.4 Å². The van der Waals surface area contributed by atoms with E-state index in [1.807, 2.05) is 6.08 Å². The van der Waals surface area contributed by atoms with Gasteiger partial charge in [-0.2, -0.15) is 0 Å². The molecule has 2 spiro atoms. The van der Waals surface area contributed by atoms with Crippen LogP contribution < -0.4 is 0 Å². The fourth-order valence-electron chi connectivity index (χ4n) is 3.98. The molecule has 0 saturated heterocycles. The summed E-state index contributed by atoms with van der Waals surface area (Å²) in [6.07, 6.45) is 16.0. The van der Waals surface area contributed by atoms with Gasteiger partial charge in [0.2, 0.25) is 0 Å². The smallest absolute Gasteiger partial charge is 0.156 e. The van der Waals surface area contributed by atoms with Crippen LogP contribution in [0.3, 0.4) is 0 Å². The average Bonchev–Trinajstić information content (AvgIpc) is 2.81. The molecular formula is C14H20O. The number of rotatable bonds is 0. The lowest BCUT2D eigenvalue weighted by Gasteiger charge is -2.42. The molecule has 82 valence electrons. The molecule has 0 atom stereocenters. The highest BCUT2D eigenvalue weighted by atomic mass is 16.1. The highest BCUT2D eigenvalue weighted by Gasteiger charge is 2.44. The zero-order chi connectivity index (χ0) is 10.4. The largest absolute Gasteiger partial charge is 0.295 e. The van der Waals surface area contributed by atoms with Crippen molar-refractivity contribution in [1.29, 1.82) is 0 Å². The van der Waals surface area contributed by atoms with Crippen molar-refractivity contribution >= 4 is 5.78 Å². The highest BCUT2D eigenvalue weighted by molar-refractivity contribution is 5.93. The Morgan fingerprint density at radius 3 is 2.13 bits per heavy atom. The first-order chi connectivity index (χ1) is 7.22. The predicted octanol–water partition coefficient (Wildman–Crippen LogP) is 3.64. The molecule has 0 N–H and O–H groups in total.